The normalized spacial score (nSPS) is 23.9. The molecule has 9 heteroatoms. The van der Waals surface area contributed by atoms with E-state index in [1.54, 1.807) is 0 Å². The number of carbonyl (C=O) groups excluding carboxylic acids is 3. The quantitative estimate of drug-likeness (QED) is 0.626. The van der Waals surface area contributed by atoms with Crippen molar-refractivity contribution in [3.05, 3.63) is 12.2 Å². The first-order valence-corrected chi connectivity index (χ1v) is 9.13. The lowest BCUT2D eigenvalue weighted by atomic mass is 9.70. The molecule has 1 heterocycles. The van der Waals surface area contributed by atoms with Crippen LogP contribution in [0.3, 0.4) is 0 Å². The molecule has 2 atom stereocenters. The number of primary amides is 1. The van der Waals surface area contributed by atoms with Crippen molar-refractivity contribution in [3.8, 4) is 0 Å². The third-order valence-electron chi connectivity index (χ3n) is 5.53. The van der Waals surface area contributed by atoms with E-state index in [-0.39, 0.29) is 35.6 Å². The number of nitrogens with two attached hydrogens (primary N) is 1. The molecule has 0 bridgehead atoms. The van der Waals surface area contributed by atoms with Gasteiger partial charge in [-0.05, 0) is 38.0 Å². The molecule has 2 fully saturated rings. The molecular formula is C17H26N6O3. The van der Waals surface area contributed by atoms with Crippen LogP contribution >= 0.6 is 0 Å². The van der Waals surface area contributed by atoms with Gasteiger partial charge in [-0.25, -0.2) is 9.67 Å². The van der Waals surface area contributed by atoms with E-state index in [4.69, 9.17) is 5.73 Å². The topological polar surface area (TPSA) is 132 Å². The van der Waals surface area contributed by atoms with Gasteiger partial charge in [-0.3, -0.25) is 14.4 Å². The molecule has 2 aliphatic carbocycles. The molecule has 1 aromatic heterocycles. The Bertz CT molecular complexity index is 696. The maximum Gasteiger partial charge on any atom is 0.288 e. The van der Waals surface area contributed by atoms with E-state index >= 15 is 0 Å². The highest BCUT2D eigenvalue weighted by molar-refractivity contribution is 5.88. The number of amides is 3. The fourth-order valence-electron chi connectivity index (χ4n) is 3.68. The minimum atomic E-state index is -0.722. The monoisotopic (exact) mass is 362 g/mol. The highest BCUT2D eigenvalue weighted by Crippen LogP contribution is 2.40. The zero-order valence-electron chi connectivity index (χ0n) is 15.0. The summed E-state index contributed by atoms with van der Waals surface area (Å²) in [6.45, 7) is 2.69. The van der Waals surface area contributed by atoms with Crippen LogP contribution in [0.2, 0.25) is 0 Å². The summed E-state index contributed by atoms with van der Waals surface area (Å²) in [5, 5.41) is 9.90. The lowest BCUT2D eigenvalue weighted by Gasteiger charge is -2.36. The number of nitrogens with zero attached hydrogens (tertiary/aromatic N) is 3. The smallest absolute Gasteiger partial charge is 0.288 e. The maximum atomic E-state index is 12.2. The molecule has 0 unspecified atom stereocenters. The van der Waals surface area contributed by atoms with E-state index in [9.17, 15) is 14.4 Å². The largest absolute Gasteiger partial charge is 0.363 e. The third-order valence-corrected chi connectivity index (χ3v) is 5.53. The van der Waals surface area contributed by atoms with Gasteiger partial charge >= 0.3 is 0 Å². The van der Waals surface area contributed by atoms with Gasteiger partial charge in [0, 0.05) is 18.0 Å². The van der Waals surface area contributed by atoms with Crippen LogP contribution in [-0.4, -0.2) is 45.1 Å². The fourth-order valence-corrected chi connectivity index (χ4v) is 3.68. The lowest BCUT2D eigenvalue weighted by molar-refractivity contribution is -0.134. The van der Waals surface area contributed by atoms with Crippen LogP contribution in [0.25, 0.3) is 0 Å². The molecule has 2 saturated carbocycles. The molecule has 0 radical (unpaired) electrons. The van der Waals surface area contributed by atoms with E-state index in [2.05, 4.69) is 20.7 Å². The van der Waals surface area contributed by atoms with E-state index in [0.29, 0.717) is 12.5 Å². The van der Waals surface area contributed by atoms with E-state index < -0.39 is 5.91 Å². The number of carbonyl (C=O) groups is 3. The second kappa shape index (κ2) is 7.43. The summed E-state index contributed by atoms with van der Waals surface area (Å²) < 4.78 is 1.29. The SMILES string of the molecule is CC1(C(=O)NC[C@H]2CC[C@@H](NC(=O)Cn3cnc(C(N)=O)n3)C2)CCC1. The van der Waals surface area contributed by atoms with Crippen LogP contribution in [0.15, 0.2) is 6.33 Å². The summed E-state index contributed by atoms with van der Waals surface area (Å²) in [7, 11) is 0. The summed E-state index contributed by atoms with van der Waals surface area (Å²) in [6, 6.07) is 0.0998. The van der Waals surface area contributed by atoms with Crippen molar-refractivity contribution < 1.29 is 14.4 Å². The van der Waals surface area contributed by atoms with Crippen molar-refractivity contribution in [2.45, 2.75) is 58.0 Å². The maximum absolute atomic E-state index is 12.2. The molecule has 0 spiro atoms. The first kappa shape index (κ1) is 18.3. The number of hydrogen-bond acceptors (Lipinski definition) is 5. The van der Waals surface area contributed by atoms with Gasteiger partial charge < -0.3 is 16.4 Å². The Kier molecular flexibility index (Phi) is 5.24. The minimum absolute atomic E-state index is 0.00344. The van der Waals surface area contributed by atoms with E-state index in [1.165, 1.54) is 11.0 Å². The highest BCUT2D eigenvalue weighted by atomic mass is 16.2. The van der Waals surface area contributed by atoms with Crippen LogP contribution in [0.5, 0.6) is 0 Å². The molecule has 142 valence electrons. The van der Waals surface area contributed by atoms with Gasteiger partial charge in [0.05, 0.1) is 0 Å². The van der Waals surface area contributed by atoms with Crippen LogP contribution in [0, 0.1) is 11.3 Å². The van der Waals surface area contributed by atoms with Gasteiger partial charge in [0.2, 0.25) is 17.6 Å². The molecule has 0 aromatic carbocycles. The van der Waals surface area contributed by atoms with Gasteiger partial charge in [-0.15, -0.1) is 5.10 Å². The van der Waals surface area contributed by atoms with E-state index in [0.717, 1.165) is 38.5 Å². The Hall–Kier alpha value is -2.45. The van der Waals surface area contributed by atoms with Crippen LogP contribution in [0.4, 0.5) is 0 Å². The molecule has 9 nitrogen and oxygen atoms in total. The Balaban J connectivity index is 1.38. The molecule has 2 aliphatic rings. The summed E-state index contributed by atoms with van der Waals surface area (Å²) >= 11 is 0. The Morgan fingerprint density at radius 3 is 2.73 bits per heavy atom. The number of rotatable bonds is 7. The predicted octanol–water partition coefficient (Wildman–Crippen LogP) is -0.0317. The van der Waals surface area contributed by atoms with Crippen molar-refractivity contribution in [3.63, 3.8) is 0 Å². The van der Waals surface area contributed by atoms with Gasteiger partial charge in [-0.2, -0.15) is 0 Å². The zero-order valence-corrected chi connectivity index (χ0v) is 15.0. The van der Waals surface area contributed by atoms with Gasteiger partial charge in [-0.1, -0.05) is 13.3 Å². The molecule has 0 saturated heterocycles. The predicted molar refractivity (Wildman–Crippen MR) is 92.8 cm³/mol. The van der Waals surface area contributed by atoms with Crippen LogP contribution < -0.4 is 16.4 Å². The second-order valence-corrected chi connectivity index (χ2v) is 7.70. The van der Waals surface area contributed by atoms with Crippen molar-refractivity contribution in [1.29, 1.82) is 0 Å². The zero-order chi connectivity index (χ0) is 18.7. The number of hydrogen-bond donors (Lipinski definition) is 3. The first-order chi connectivity index (χ1) is 12.4. The third kappa shape index (κ3) is 4.20. The summed E-state index contributed by atoms with van der Waals surface area (Å²) in [6.07, 6.45) is 7.13. The van der Waals surface area contributed by atoms with Gasteiger partial charge in [0.25, 0.3) is 5.91 Å². The molecule has 3 amide bonds. The summed E-state index contributed by atoms with van der Waals surface area (Å²) in [5.74, 6) is -0.453. The van der Waals surface area contributed by atoms with E-state index in [1.807, 2.05) is 6.92 Å². The summed E-state index contributed by atoms with van der Waals surface area (Å²) in [5.41, 5.74) is 4.91. The molecule has 3 rings (SSSR count). The second-order valence-electron chi connectivity index (χ2n) is 7.70. The van der Waals surface area contributed by atoms with Crippen molar-refractivity contribution in [1.82, 2.24) is 25.4 Å². The van der Waals surface area contributed by atoms with Crippen molar-refractivity contribution in [2.75, 3.05) is 6.54 Å². The van der Waals surface area contributed by atoms with Gasteiger partial charge in [0.15, 0.2) is 0 Å². The van der Waals surface area contributed by atoms with Crippen LogP contribution in [-0.2, 0) is 16.1 Å². The molecule has 4 N–H and O–H groups in total. The Labute approximate surface area is 152 Å². The standard InChI is InChI=1S/C17H26N6O3/c1-17(5-2-6-17)16(26)19-8-11-3-4-12(7-11)21-13(24)9-23-10-20-15(22-23)14(18)25/h10-12H,2-9H2,1H3,(H2,18,25)(H,19,26)(H,21,24)/t11-,12+/m0/s1. The average Bonchev–Trinajstić information content (AvgIpc) is 3.19. The van der Waals surface area contributed by atoms with Crippen molar-refractivity contribution in [2.24, 2.45) is 17.1 Å². The summed E-state index contributed by atoms with van der Waals surface area (Å²) in [4.78, 5) is 39.0. The van der Waals surface area contributed by atoms with Gasteiger partial charge in [0.1, 0.15) is 12.9 Å². The lowest BCUT2D eigenvalue weighted by Crippen LogP contribution is -2.44. The molecule has 0 aliphatic heterocycles. The first-order valence-electron chi connectivity index (χ1n) is 9.13. The Morgan fingerprint density at radius 1 is 1.35 bits per heavy atom. The minimum Gasteiger partial charge on any atom is -0.363 e. The average molecular weight is 362 g/mol. The molecular weight excluding hydrogens is 336 g/mol. The van der Waals surface area contributed by atoms with Crippen molar-refractivity contribution >= 4 is 17.7 Å². The molecule has 1 aromatic rings. The fraction of sp³-hybridized carbons (Fsp3) is 0.706. The van der Waals surface area contributed by atoms with Crippen LogP contribution in [0.1, 0.15) is 56.1 Å². The number of nitrogens with one attached hydrogen (secondary N) is 2. The number of aromatic nitrogens is 3. The highest BCUT2D eigenvalue weighted by Gasteiger charge is 2.39. The molecule has 26 heavy (non-hydrogen) atoms. The Morgan fingerprint density at radius 2 is 2.12 bits per heavy atom.